The SMILES string of the molecule is C.CC.CC.CC.CC.CC.CC.CC.CC1=C(C(C)C)CC=C1.CC1=C(C(C)C)c2ccccc2C1.Cc1ccc2ccccc2c1C(C)C.Cc1ccccc1C(C)C.Cc1ccccc1C(C)C.Cc1ccccc1C(C)C.Cc1ccccc1C(C)C. The summed E-state index contributed by atoms with van der Waals surface area (Å²) >= 11 is 0. The van der Waals surface area contributed by atoms with Crippen molar-refractivity contribution >= 4 is 16.3 Å². The van der Waals surface area contributed by atoms with E-state index in [0.29, 0.717) is 35.5 Å². The summed E-state index contributed by atoms with van der Waals surface area (Å²) < 4.78 is 0. The van der Waals surface area contributed by atoms with Crippen LogP contribution in [0.5, 0.6) is 0 Å². The molecule has 91 heavy (non-hydrogen) atoms. The fraction of sp³-hybridized carbons (Fsp3) is 0.495. The van der Waals surface area contributed by atoms with Crippen LogP contribution in [0.4, 0.5) is 0 Å². The van der Waals surface area contributed by atoms with Gasteiger partial charge in [-0.05, 0) is 186 Å². The molecule has 0 aliphatic heterocycles. The Morgan fingerprint density at radius 2 is 0.615 bits per heavy atom. The fourth-order valence-corrected chi connectivity index (χ4v) is 10.8. The van der Waals surface area contributed by atoms with Crippen molar-refractivity contribution in [3.63, 3.8) is 0 Å². The Morgan fingerprint density at radius 1 is 0.297 bits per heavy atom. The minimum absolute atomic E-state index is 0. The lowest BCUT2D eigenvalue weighted by atomic mass is 9.92. The van der Waals surface area contributed by atoms with E-state index in [1.165, 1.54) is 89.5 Å². The third kappa shape index (κ3) is 37.3. The molecular formula is C91H148. The van der Waals surface area contributed by atoms with Gasteiger partial charge in [-0.25, -0.2) is 0 Å². The molecule has 0 heteroatoms. The van der Waals surface area contributed by atoms with Crippen molar-refractivity contribution in [1.29, 1.82) is 0 Å². The van der Waals surface area contributed by atoms with E-state index in [2.05, 4.69) is 315 Å². The molecule has 0 fully saturated rings. The second-order valence-corrected chi connectivity index (χ2v) is 23.4. The molecule has 512 valence electrons. The number of aryl methyl sites for hydroxylation is 5. The van der Waals surface area contributed by atoms with Crippen molar-refractivity contribution in [2.45, 2.75) is 292 Å². The van der Waals surface area contributed by atoms with Gasteiger partial charge in [-0.1, -0.05) is 388 Å². The first kappa shape index (κ1) is 96.1. The van der Waals surface area contributed by atoms with E-state index in [1.807, 2.05) is 96.9 Å². The predicted molar refractivity (Wildman–Crippen MR) is 429 cm³/mol. The molecule has 0 atom stereocenters. The Labute approximate surface area is 570 Å². The molecule has 0 bridgehead atoms. The van der Waals surface area contributed by atoms with Crippen LogP contribution in [-0.2, 0) is 6.42 Å². The molecule has 0 heterocycles. The monoisotopic (exact) mass is 1240 g/mol. The third-order valence-electron chi connectivity index (χ3n) is 14.7. The summed E-state index contributed by atoms with van der Waals surface area (Å²) in [7, 11) is 0. The molecule has 0 spiro atoms. The maximum absolute atomic E-state index is 2.28. The molecule has 2 aliphatic carbocycles. The molecule has 0 unspecified atom stereocenters. The lowest BCUT2D eigenvalue weighted by Crippen LogP contribution is -1.93. The summed E-state index contributed by atoms with van der Waals surface area (Å²) in [5, 5.41) is 2.75. The lowest BCUT2D eigenvalue weighted by Gasteiger charge is -2.13. The largest absolute Gasteiger partial charge is 0.0802 e. The highest BCUT2D eigenvalue weighted by atomic mass is 14.2. The van der Waals surface area contributed by atoms with Crippen LogP contribution in [0.25, 0.3) is 16.3 Å². The lowest BCUT2D eigenvalue weighted by molar-refractivity contribution is 0.746. The zero-order valence-corrected chi connectivity index (χ0v) is 65.6. The number of fused-ring (bicyclic) bond motifs is 2. The molecule has 7 aromatic rings. The number of hydrogen-bond acceptors (Lipinski definition) is 0. The van der Waals surface area contributed by atoms with E-state index in [9.17, 15) is 0 Å². The highest BCUT2D eigenvalue weighted by Gasteiger charge is 2.20. The number of rotatable bonds is 7. The van der Waals surface area contributed by atoms with Gasteiger partial charge in [0.2, 0.25) is 0 Å². The zero-order valence-electron chi connectivity index (χ0n) is 65.6. The van der Waals surface area contributed by atoms with Crippen LogP contribution < -0.4 is 0 Å². The van der Waals surface area contributed by atoms with Crippen molar-refractivity contribution in [1.82, 2.24) is 0 Å². The van der Waals surface area contributed by atoms with Crippen LogP contribution in [0.3, 0.4) is 0 Å². The maximum Gasteiger partial charge on any atom is -0.00577 e. The molecule has 7 aromatic carbocycles. The van der Waals surface area contributed by atoms with E-state index in [4.69, 9.17) is 0 Å². The number of allylic oxidation sites excluding steroid dienone is 6. The first-order valence-corrected chi connectivity index (χ1v) is 35.8. The zero-order chi connectivity index (χ0) is 70.6. The van der Waals surface area contributed by atoms with Crippen LogP contribution in [0.1, 0.15) is 318 Å². The van der Waals surface area contributed by atoms with Gasteiger partial charge in [0.05, 0.1) is 0 Å². The van der Waals surface area contributed by atoms with E-state index in [1.54, 1.807) is 16.7 Å². The van der Waals surface area contributed by atoms with Gasteiger partial charge in [0.25, 0.3) is 0 Å². The smallest absolute Gasteiger partial charge is 0.00577 e. The molecule has 2 aliphatic rings. The molecule has 0 aromatic heterocycles. The van der Waals surface area contributed by atoms with Gasteiger partial charge in [0, 0.05) is 0 Å². The predicted octanol–water partition coefficient (Wildman–Crippen LogP) is 31.2. The normalized spacial score (nSPS) is 10.7. The van der Waals surface area contributed by atoms with Crippen LogP contribution >= 0.6 is 0 Å². The van der Waals surface area contributed by atoms with E-state index >= 15 is 0 Å². The van der Waals surface area contributed by atoms with Crippen molar-refractivity contribution in [3.8, 4) is 0 Å². The number of benzene rings is 7. The molecular weight excluding hydrogens is 1090 g/mol. The third-order valence-corrected chi connectivity index (χ3v) is 14.7. The van der Waals surface area contributed by atoms with Crippen LogP contribution in [-0.4, -0.2) is 0 Å². The summed E-state index contributed by atoms with van der Waals surface area (Å²) in [6.45, 7) is 74.7. The Hall–Kier alpha value is -5.98. The molecule has 0 amide bonds. The maximum atomic E-state index is 2.28. The molecule has 9 rings (SSSR count). The highest BCUT2D eigenvalue weighted by Crippen LogP contribution is 2.37. The van der Waals surface area contributed by atoms with Crippen LogP contribution in [0.15, 0.2) is 187 Å². The van der Waals surface area contributed by atoms with Gasteiger partial charge >= 0.3 is 0 Å². The van der Waals surface area contributed by atoms with Crippen molar-refractivity contribution in [3.05, 3.63) is 253 Å². The van der Waals surface area contributed by atoms with Crippen molar-refractivity contribution in [2.24, 2.45) is 11.8 Å². The van der Waals surface area contributed by atoms with Crippen LogP contribution in [0, 0.1) is 46.5 Å². The standard InChI is InChI=1S/C14H16.C13H16.4C10H14.C9H14.7C2H6.CH4/c1-10(2)14-11(3)8-9-12-6-4-5-7-13(12)14;1-9(2)13-10(3)8-11-6-4-5-7-12(11)13;4*1-8(2)10-7-5-4-6-9(10)3;1-7(2)9-6-4-5-8(9)3;7*1-2;/h4-10H,1-3H3;4-7,9H,8H2,1-3H3;4*4-8H,1-3H3;4-5,7H,6H2,1-3H3;7*1-2H3;1H4. The summed E-state index contributed by atoms with van der Waals surface area (Å²) in [6.07, 6.45) is 6.80. The first-order valence-electron chi connectivity index (χ1n) is 35.8. The van der Waals surface area contributed by atoms with E-state index in [-0.39, 0.29) is 7.43 Å². The Morgan fingerprint density at radius 3 is 0.890 bits per heavy atom. The minimum atomic E-state index is 0. The van der Waals surface area contributed by atoms with Crippen molar-refractivity contribution in [2.75, 3.05) is 0 Å². The summed E-state index contributed by atoms with van der Waals surface area (Å²) in [6, 6.07) is 56.0. The second kappa shape index (κ2) is 59.1. The van der Waals surface area contributed by atoms with Gasteiger partial charge in [-0.15, -0.1) is 0 Å². The fourth-order valence-electron chi connectivity index (χ4n) is 10.8. The van der Waals surface area contributed by atoms with E-state index < -0.39 is 0 Å². The van der Waals surface area contributed by atoms with Crippen molar-refractivity contribution < 1.29 is 0 Å². The molecule has 0 saturated heterocycles. The first-order chi connectivity index (χ1) is 43.0. The molecule has 0 saturated carbocycles. The topological polar surface area (TPSA) is 0 Å². The summed E-state index contributed by atoms with van der Waals surface area (Å²) in [4.78, 5) is 0. The summed E-state index contributed by atoms with van der Waals surface area (Å²) in [5.41, 5.74) is 23.5. The van der Waals surface area contributed by atoms with Gasteiger partial charge in [0.1, 0.15) is 0 Å². The average Bonchev–Trinajstić information content (AvgIpc) is 1.87. The van der Waals surface area contributed by atoms with Gasteiger partial charge in [0.15, 0.2) is 0 Å². The summed E-state index contributed by atoms with van der Waals surface area (Å²) in [5.74, 6) is 4.61. The highest BCUT2D eigenvalue weighted by molar-refractivity contribution is 5.87. The van der Waals surface area contributed by atoms with Gasteiger partial charge in [-0.3, -0.25) is 0 Å². The number of hydrogen-bond donors (Lipinski definition) is 0. The minimum Gasteiger partial charge on any atom is -0.0802 e. The molecule has 0 N–H and O–H groups in total. The molecule has 0 nitrogen and oxygen atoms in total. The van der Waals surface area contributed by atoms with E-state index in [0.717, 1.165) is 12.3 Å². The Bertz CT molecular complexity index is 2720. The average molecular weight is 1240 g/mol. The Kier molecular flexibility index (Phi) is 62.4. The molecule has 0 radical (unpaired) electrons. The quantitative estimate of drug-likeness (QED) is 0.149. The Balaban J connectivity index is -0.000000225. The second-order valence-electron chi connectivity index (χ2n) is 23.4. The van der Waals surface area contributed by atoms with Gasteiger partial charge < -0.3 is 0 Å². The van der Waals surface area contributed by atoms with Crippen LogP contribution in [0.2, 0.25) is 0 Å². The van der Waals surface area contributed by atoms with Gasteiger partial charge in [-0.2, -0.15) is 0 Å².